The Morgan fingerprint density at radius 2 is 0.815 bits per heavy atom. The van der Waals surface area contributed by atoms with Crippen molar-refractivity contribution in [2.75, 3.05) is 47.1 Å². The molecule has 0 saturated heterocycles. The molecule has 0 aliphatic rings. The number of carbonyl (C=O) groups excluding carboxylic acids is 3. The molecule has 0 bridgehead atoms. The van der Waals surface area contributed by atoms with Gasteiger partial charge in [-0.2, -0.15) is 0 Å². The van der Waals surface area contributed by atoms with E-state index >= 15 is 0 Å². The Morgan fingerprint density at radius 1 is 0.431 bits per heavy atom. The van der Waals surface area contributed by atoms with Crippen LogP contribution in [0.2, 0.25) is 0 Å². The fourth-order valence-electron chi connectivity index (χ4n) is 6.90. The van der Waals surface area contributed by atoms with Gasteiger partial charge in [-0.25, -0.2) is 0 Å². The first-order valence-corrected chi connectivity index (χ1v) is 25.9. The zero-order valence-corrected chi connectivity index (χ0v) is 41.8. The first kappa shape index (κ1) is 59.2. The van der Waals surface area contributed by atoms with E-state index in [1.165, 1.54) is 77.0 Å². The molecule has 0 aromatic heterocycles. The van der Waals surface area contributed by atoms with Crippen LogP contribution in [0.3, 0.4) is 0 Å². The third kappa shape index (κ3) is 41.3. The highest BCUT2D eigenvalue weighted by molar-refractivity contribution is 5.70. The van der Waals surface area contributed by atoms with Crippen LogP contribution in [0.4, 0.5) is 0 Å². The maximum absolute atomic E-state index is 12.3. The van der Waals surface area contributed by atoms with Crippen molar-refractivity contribution in [2.24, 2.45) is 0 Å². The van der Waals surface area contributed by atoms with Gasteiger partial charge in [-0.1, -0.05) is 127 Å². The molecular weight excluding hydrogens is 815 g/mol. The minimum atomic E-state index is -0.262. The van der Waals surface area contributed by atoms with Crippen LogP contribution in [0.25, 0.3) is 0 Å². The number of carbonyl (C=O) groups is 3. The summed E-state index contributed by atoms with van der Waals surface area (Å²) in [7, 11) is 3.84. The summed E-state index contributed by atoms with van der Waals surface area (Å²) in [6.45, 7) is 6.88. The van der Waals surface area contributed by atoms with Crippen molar-refractivity contribution >= 4 is 17.9 Å². The summed E-state index contributed by atoms with van der Waals surface area (Å²) in [5.74, 6) is 0.737. The van der Waals surface area contributed by atoms with Crippen LogP contribution in [-0.4, -0.2) is 69.9 Å². The molecule has 0 spiro atoms. The summed E-state index contributed by atoms with van der Waals surface area (Å²) >= 11 is 0. The fourth-order valence-corrected chi connectivity index (χ4v) is 6.90. The summed E-state index contributed by atoms with van der Waals surface area (Å²) in [4.78, 5) is 38.7. The van der Waals surface area contributed by atoms with E-state index in [0.29, 0.717) is 76.6 Å². The summed E-state index contributed by atoms with van der Waals surface area (Å²) in [5.41, 5.74) is 0.778. The van der Waals surface area contributed by atoms with E-state index in [2.05, 4.69) is 62.5 Å². The zero-order valence-electron chi connectivity index (χ0n) is 41.8. The number of unbranched alkanes of at least 4 members (excludes halogenated alkanes) is 18. The summed E-state index contributed by atoms with van der Waals surface area (Å²) in [5, 5.41) is 0. The molecule has 65 heavy (non-hydrogen) atoms. The van der Waals surface area contributed by atoms with Gasteiger partial charge >= 0.3 is 17.9 Å². The van der Waals surface area contributed by atoms with Crippen LogP contribution in [0.1, 0.15) is 206 Å². The molecule has 0 heterocycles. The molecule has 0 amide bonds. The van der Waals surface area contributed by atoms with Gasteiger partial charge in [0.15, 0.2) is 0 Å². The third-order valence-electron chi connectivity index (χ3n) is 10.9. The van der Waals surface area contributed by atoms with E-state index in [1.807, 2.05) is 37.2 Å². The van der Waals surface area contributed by atoms with Crippen molar-refractivity contribution in [3.05, 3.63) is 72.4 Å². The molecule has 1 rings (SSSR count). The Morgan fingerprint density at radius 3 is 1.25 bits per heavy atom. The predicted molar refractivity (Wildman–Crippen MR) is 270 cm³/mol. The molecule has 0 fully saturated rings. The van der Waals surface area contributed by atoms with E-state index in [1.54, 1.807) is 0 Å². The molecule has 9 nitrogen and oxygen atoms in total. The van der Waals surface area contributed by atoms with Crippen molar-refractivity contribution in [3.8, 4) is 11.5 Å². The molecule has 0 N–H and O–H groups in total. The van der Waals surface area contributed by atoms with Gasteiger partial charge in [0.2, 0.25) is 0 Å². The summed E-state index contributed by atoms with van der Waals surface area (Å²) < 4.78 is 28.6. The topological polar surface area (TPSA) is 101 Å². The fraction of sp³-hybridized carbons (Fsp3) is 0.696. The van der Waals surface area contributed by atoms with Crippen LogP contribution in [-0.2, 0) is 35.2 Å². The van der Waals surface area contributed by atoms with E-state index in [0.717, 1.165) is 82.6 Å². The molecule has 1 aromatic rings. The smallest absolute Gasteiger partial charge is 0.307 e. The number of benzene rings is 1. The molecule has 9 heteroatoms. The molecule has 0 unspecified atom stereocenters. The van der Waals surface area contributed by atoms with Crippen LogP contribution >= 0.6 is 0 Å². The lowest BCUT2D eigenvalue weighted by Crippen LogP contribution is -2.18. The van der Waals surface area contributed by atoms with Gasteiger partial charge in [0.1, 0.15) is 18.1 Å². The van der Waals surface area contributed by atoms with Crippen molar-refractivity contribution < 1.29 is 38.1 Å². The third-order valence-corrected chi connectivity index (χ3v) is 10.9. The van der Waals surface area contributed by atoms with Crippen LogP contribution in [0, 0.1) is 0 Å². The number of rotatable bonds is 45. The normalized spacial score (nSPS) is 11.8. The van der Waals surface area contributed by atoms with Gasteiger partial charge in [0.05, 0.1) is 32.8 Å². The minimum absolute atomic E-state index is 0.120. The first-order valence-electron chi connectivity index (χ1n) is 25.9. The Hall–Kier alpha value is -3.85. The number of esters is 3. The molecule has 0 atom stereocenters. The van der Waals surface area contributed by atoms with Gasteiger partial charge in [0.25, 0.3) is 0 Å². The SMILES string of the molecule is CCCCCC=CCC=CCCCCCCCC(=O)OCCCCOc1cc(COC(=O)CCN(C)C)cc(OCCCCOC(=O)CCCCCCCC=CCC=CCCCCC)c1. The average Bonchev–Trinajstić information content (AvgIpc) is 3.29. The summed E-state index contributed by atoms with van der Waals surface area (Å²) in [6, 6.07) is 5.57. The summed E-state index contributed by atoms with van der Waals surface area (Å²) in [6.07, 6.45) is 47.8. The van der Waals surface area contributed by atoms with Crippen molar-refractivity contribution in [2.45, 2.75) is 207 Å². The Balaban J connectivity index is 2.26. The standard InChI is InChI=1S/C56H93NO8/c1-5-7-9-11-13-15-17-19-21-23-25-27-29-31-33-39-54(58)63-45-37-35-43-61-52-47-51(50-65-56(60)41-42-57(3)4)48-53(49-52)62-44-36-38-46-64-55(59)40-34-32-30-28-26-24-22-20-18-16-14-12-10-8-6-2/h13-16,19-22,47-49H,5-12,17-18,23-46,50H2,1-4H3. The maximum atomic E-state index is 12.3. The highest BCUT2D eigenvalue weighted by atomic mass is 16.5. The highest BCUT2D eigenvalue weighted by Gasteiger charge is 2.10. The monoisotopic (exact) mass is 908 g/mol. The van der Waals surface area contributed by atoms with Gasteiger partial charge in [-0.15, -0.1) is 0 Å². The second-order valence-corrected chi connectivity index (χ2v) is 17.5. The van der Waals surface area contributed by atoms with E-state index in [-0.39, 0.29) is 24.5 Å². The van der Waals surface area contributed by atoms with Gasteiger partial charge < -0.3 is 28.6 Å². The van der Waals surface area contributed by atoms with Crippen molar-refractivity contribution in [3.63, 3.8) is 0 Å². The lowest BCUT2D eigenvalue weighted by Gasteiger charge is -2.14. The zero-order chi connectivity index (χ0) is 47.1. The second-order valence-electron chi connectivity index (χ2n) is 17.5. The molecular formula is C56H93NO8. The van der Waals surface area contributed by atoms with Gasteiger partial charge in [-0.3, -0.25) is 14.4 Å². The number of ether oxygens (including phenoxy) is 5. The Bertz CT molecular complexity index is 1330. The second kappa shape index (κ2) is 45.3. The molecule has 0 aliphatic heterocycles. The predicted octanol–water partition coefficient (Wildman–Crippen LogP) is 14.7. The quantitative estimate of drug-likeness (QED) is 0.0274. The number of nitrogens with zero attached hydrogens (tertiary/aromatic N) is 1. The van der Waals surface area contributed by atoms with Crippen LogP contribution in [0.5, 0.6) is 11.5 Å². The van der Waals surface area contributed by atoms with E-state index in [4.69, 9.17) is 23.7 Å². The number of hydrogen-bond donors (Lipinski definition) is 0. The molecule has 0 saturated carbocycles. The molecule has 0 radical (unpaired) electrons. The molecule has 0 aliphatic carbocycles. The Kier molecular flexibility index (Phi) is 41.2. The van der Waals surface area contributed by atoms with Gasteiger partial charge in [0, 0.05) is 25.5 Å². The van der Waals surface area contributed by atoms with E-state index < -0.39 is 0 Å². The van der Waals surface area contributed by atoms with Crippen LogP contribution in [0.15, 0.2) is 66.8 Å². The van der Waals surface area contributed by atoms with Crippen molar-refractivity contribution in [1.82, 2.24) is 4.90 Å². The van der Waals surface area contributed by atoms with Crippen LogP contribution < -0.4 is 9.47 Å². The lowest BCUT2D eigenvalue weighted by atomic mass is 10.1. The van der Waals surface area contributed by atoms with Gasteiger partial charge in [-0.05, 0) is 135 Å². The minimum Gasteiger partial charge on any atom is -0.493 e. The highest BCUT2D eigenvalue weighted by Crippen LogP contribution is 2.25. The van der Waals surface area contributed by atoms with E-state index in [9.17, 15) is 14.4 Å². The average molecular weight is 908 g/mol. The lowest BCUT2D eigenvalue weighted by molar-refractivity contribution is -0.145. The maximum Gasteiger partial charge on any atom is 0.307 e. The molecule has 370 valence electrons. The number of hydrogen-bond acceptors (Lipinski definition) is 9. The Labute approximate surface area is 397 Å². The van der Waals surface area contributed by atoms with Crippen molar-refractivity contribution in [1.29, 1.82) is 0 Å². The first-order chi connectivity index (χ1) is 31.8. The molecule has 1 aromatic carbocycles. The largest absolute Gasteiger partial charge is 0.493 e. The number of allylic oxidation sites excluding steroid dienone is 8.